The summed E-state index contributed by atoms with van der Waals surface area (Å²) in [5.74, 6) is -0.349. The first-order valence-corrected chi connectivity index (χ1v) is 11.2. The standard InChI is InChI=1S/C25H18BrN5O4/c26-23-11-5-16(21-3-1-2-4-22(21)23)14-25(33)30-27-15-17-13-19(8-12-24(17)32)29-28-18-6-9-20(10-7-18)31(34)35/h1-13,15,32H,14H2,(H,30,33)/b27-15+,29-28?. The van der Waals surface area contributed by atoms with Gasteiger partial charge in [0.25, 0.3) is 5.69 Å². The molecule has 2 N–H and O–H groups in total. The number of halogens is 1. The van der Waals surface area contributed by atoms with Crippen LogP contribution in [0.4, 0.5) is 17.1 Å². The number of carbonyl (C=O) groups is 1. The van der Waals surface area contributed by atoms with Crippen molar-refractivity contribution in [1.29, 1.82) is 0 Å². The first-order chi connectivity index (χ1) is 16.9. The van der Waals surface area contributed by atoms with Gasteiger partial charge in [-0.15, -0.1) is 0 Å². The summed E-state index contributed by atoms with van der Waals surface area (Å²) in [6, 6.07) is 21.8. The average Bonchev–Trinajstić information content (AvgIpc) is 2.86. The zero-order chi connectivity index (χ0) is 24.8. The van der Waals surface area contributed by atoms with Gasteiger partial charge >= 0.3 is 0 Å². The summed E-state index contributed by atoms with van der Waals surface area (Å²) in [6.45, 7) is 0. The largest absolute Gasteiger partial charge is 0.507 e. The van der Waals surface area contributed by atoms with Gasteiger partial charge in [-0.25, -0.2) is 5.43 Å². The van der Waals surface area contributed by atoms with Crippen molar-refractivity contribution in [3.8, 4) is 5.75 Å². The maximum absolute atomic E-state index is 12.4. The highest BCUT2D eigenvalue weighted by Gasteiger charge is 2.09. The molecule has 0 bridgehead atoms. The van der Waals surface area contributed by atoms with Crippen molar-refractivity contribution in [1.82, 2.24) is 5.43 Å². The number of nitro groups is 1. The Labute approximate surface area is 208 Å². The van der Waals surface area contributed by atoms with Gasteiger partial charge in [-0.05, 0) is 52.7 Å². The van der Waals surface area contributed by atoms with Gasteiger partial charge in [-0.1, -0.05) is 46.3 Å². The molecular formula is C25H18BrN5O4. The van der Waals surface area contributed by atoms with Crippen LogP contribution in [-0.2, 0) is 11.2 Å². The predicted octanol–water partition coefficient (Wildman–Crippen LogP) is 6.32. The highest BCUT2D eigenvalue weighted by molar-refractivity contribution is 9.10. The zero-order valence-electron chi connectivity index (χ0n) is 18.1. The summed E-state index contributed by atoms with van der Waals surface area (Å²) in [7, 11) is 0. The molecule has 0 spiro atoms. The minimum Gasteiger partial charge on any atom is -0.507 e. The predicted molar refractivity (Wildman–Crippen MR) is 136 cm³/mol. The summed E-state index contributed by atoms with van der Waals surface area (Å²) >= 11 is 3.52. The number of amides is 1. The molecule has 35 heavy (non-hydrogen) atoms. The van der Waals surface area contributed by atoms with Crippen LogP contribution in [0.2, 0.25) is 0 Å². The summed E-state index contributed by atoms with van der Waals surface area (Å²) in [6.07, 6.45) is 1.46. The molecule has 0 saturated heterocycles. The minimum absolute atomic E-state index is 0.0394. The summed E-state index contributed by atoms with van der Waals surface area (Å²) < 4.78 is 0.955. The zero-order valence-corrected chi connectivity index (χ0v) is 19.7. The van der Waals surface area contributed by atoms with Gasteiger partial charge in [0.1, 0.15) is 5.75 Å². The topological polar surface area (TPSA) is 130 Å². The number of azo groups is 1. The molecule has 0 aromatic heterocycles. The summed E-state index contributed by atoms with van der Waals surface area (Å²) in [4.78, 5) is 22.7. The third-order valence-corrected chi connectivity index (χ3v) is 5.75. The van der Waals surface area contributed by atoms with Gasteiger partial charge in [0.2, 0.25) is 5.91 Å². The second-order valence-electron chi connectivity index (χ2n) is 7.44. The first-order valence-electron chi connectivity index (χ1n) is 10.4. The molecule has 10 heteroatoms. The van der Waals surface area contributed by atoms with Crippen molar-refractivity contribution in [2.24, 2.45) is 15.3 Å². The number of carbonyl (C=O) groups excluding carboxylic acids is 1. The molecule has 0 heterocycles. The van der Waals surface area contributed by atoms with Gasteiger partial charge < -0.3 is 5.11 Å². The molecule has 0 radical (unpaired) electrons. The van der Waals surface area contributed by atoms with E-state index in [1.807, 2.05) is 36.4 Å². The monoisotopic (exact) mass is 531 g/mol. The van der Waals surface area contributed by atoms with Crippen LogP contribution in [0.1, 0.15) is 11.1 Å². The molecule has 0 aliphatic heterocycles. The number of fused-ring (bicyclic) bond motifs is 1. The molecule has 4 aromatic carbocycles. The molecule has 0 fully saturated rings. The van der Waals surface area contributed by atoms with E-state index in [1.54, 1.807) is 12.1 Å². The van der Waals surface area contributed by atoms with Gasteiger partial charge in [0.05, 0.1) is 28.9 Å². The Balaban J connectivity index is 1.42. The molecule has 4 rings (SSSR count). The number of non-ortho nitro benzene ring substituents is 1. The van der Waals surface area contributed by atoms with Crippen LogP contribution in [0.3, 0.4) is 0 Å². The van der Waals surface area contributed by atoms with Gasteiger partial charge in [-0.3, -0.25) is 14.9 Å². The number of phenols is 1. The number of phenolic OH excluding ortho intramolecular Hbond substituents is 1. The molecule has 0 unspecified atom stereocenters. The van der Waals surface area contributed by atoms with Gasteiger partial charge in [0.15, 0.2) is 0 Å². The number of rotatable bonds is 7. The van der Waals surface area contributed by atoms with Crippen LogP contribution in [0.5, 0.6) is 5.75 Å². The molecule has 0 aliphatic rings. The first kappa shape index (κ1) is 23.7. The highest BCUT2D eigenvalue weighted by atomic mass is 79.9. The Morgan fingerprint density at radius 2 is 1.66 bits per heavy atom. The number of nitrogens with one attached hydrogen (secondary N) is 1. The van der Waals surface area contributed by atoms with E-state index in [1.165, 1.54) is 36.5 Å². The Morgan fingerprint density at radius 1 is 0.971 bits per heavy atom. The van der Waals surface area contributed by atoms with Crippen molar-refractivity contribution in [2.75, 3.05) is 0 Å². The van der Waals surface area contributed by atoms with Crippen LogP contribution >= 0.6 is 15.9 Å². The van der Waals surface area contributed by atoms with E-state index >= 15 is 0 Å². The SMILES string of the molecule is O=C(Cc1ccc(Br)c2ccccc12)N/N=C/c1cc(N=Nc2ccc([N+](=O)[O-])cc2)ccc1O. The fourth-order valence-corrected chi connectivity index (χ4v) is 3.81. The lowest BCUT2D eigenvalue weighted by molar-refractivity contribution is -0.384. The molecule has 0 saturated carbocycles. The van der Waals surface area contributed by atoms with E-state index in [2.05, 4.69) is 36.7 Å². The Kier molecular flexibility index (Phi) is 7.22. The van der Waals surface area contributed by atoms with E-state index in [0.717, 1.165) is 20.8 Å². The molecular weight excluding hydrogens is 514 g/mol. The summed E-state index contributed by atoms with van der Waals surface area (Å²) in [5.41, 5.74) is 4.50. The number of benzene rings is 4. The van der Waals surface area contributed by atoms with E-state index in [0.29, 0.717) is 16.9 Å². The average molecular weight is 532 g/mol. The highest BCUT2D eigenvalue weighted by Crippen LogP contribution is 2.27. The second-order valence-corrected chi connectivity index (χ2v) is 8.29. The number of aromatic hydroxyl groups is 1. The van der Waals surface area contributed by atoms with E-state index in [4.69, 9.17) is 0 Å². The number of hydrogen-bond acceptors (Lipinski definition) is 7. The van der Waals surface area contributed by atoms with Crippen molar-refractivity contribution in [3.63, 3.8) is 0 Å². The van der Waals surface area contributed by atoms with Crippen LogP contribution in [0.25, 0.3) is 10.8 Å². The third kappa shape index (κ3) is 5.92. The second kappa shape index (κ2) is 10.7. The van der Waals surface area contributed by atoms with Crippen molar-refractivity contribution in [3.05, 3.63) is 105 Å². The van der Waals surface area contributed by atoms with E-state index < -0.39 is 4.92 Å². The van der Waals surface area contributed by atoms with Gasteiger partial charge in [-0.2, -0.15) is 15.3 Å². The number of nitrogens with zero attached hydrogens (tertiary/aromatic N) is 4. The van der Waals surface area contributed by atoms with Crippen LogP contribution in [-0.4, -0.2) is 22.2 Å². The lowest BCUT2D eigenvalue weighted by Gasteiger charge is -2.07. The van der Waals surface area contributed by atoms with Crippen LogP contribution in [0.15, 0.2) is 98.7 Å². The maximum Gasteiger partial charge on any atom is 0.269 e. The Hall–Kier alpha value is -4.44. The molecule has 0 aliphatic carbocycles. The number of nitro benzene ring substituents is 1. The summed E-state index contributed by atoms with van der Waals surface area (Å²) in [5, 5.41) is 34.9. The lowest BCUT2D eigenvalue weighted by atomic mass is 10.0. The molecule has 1 amide bonds. The minimum atomic E-state index is -0.494. The lowest BCUT2D eigenvalue weighted by Crippen LogP contribution is -2.19. The fraction of sp³-hybridized carbons (Fsp3) is 0.0400. The van der Waals surface area contributed by atoms with Crippen molar-refractivity contribution in [2.45, 2.75) is 6.42 Å². The molecule has 9 nitrogen and oxygen atoms in total. The Morgan fingerprint density at radius 3 is 2.40 bits per heavy atom. The quantitative estimate of drug-likeness (QED) is 0.125. The molecule has 4 aromatic rings. The molecule has 174 valence electrons. The fourth-order valence-electron chi connectivity index (χ4n) is 3.33. The number of hydrogen-bond donors (Lipinski definition) is 2. The normalized spacial score (nSPS) is 11.3. The van der Waals surface area contributed by atoms with Crippen molar-refractivity contribution < 1.29 is 14.8 Å². The van der Waals surface area contributed by atoms with Crippen molar-refractivity contribution >= 4 is 55.9 Å². The molecule has 0 atom stereocenters. The van der Waals surface area contributed by atoms with Gasteiger partial charge in [0, 0.05) is 22.2 Å². The Bertz CT molecular complexity index is 1470. The number of hydrazone groups is 1. The van der Waals surface area contributed by atoms with E-state index in [-0.39, 0.29) is 23.8 Å². The third-order valence-electron chi connectivity index (χ3n) is 5.06. The maximum atomic E-state index is 12.4. The van der Waals surface area contributed by atoms with Crippen LogP contribution < -0.4 is 5.43 Å². The van der Waals surface area contributed by atoms with E-state index in [9.17, 15) is 20.0 Å². The smallest absolute Gasteiger partial charge is 0.269 e. The van der Waals surface area contributed by atoms with Crippen LogP contribution in [0, 0.1) is 10.1 Å².